The molecule has 0 unspecified atom stereocenters. The first-order valence-electron chi connectivity index (χ1n) is 7.94. The molecule has 2 atom stereocenters. The molecule has 1 fully saturated rings. The Morgan fingerprint density at radius 2 is 1.82 bits per heavy atom. The smallest absolute Gasteiger partial charge is 0.127 e. The predicted octanol–water partition coefficient (Wildman–Crippen LogP) is 3.40. The molecule has 3 heteroatoms. The van der Waals surface area contributed by atoms with Gasteiger partial charge in [0.1, 0.15) is 5.82 Å². The van der Waals surface area contributed by atoms with Crippen molar-refractivity contribution in [3.05, 3.63) is 71.5 Å². The van der Waals surface area contributed by atoms with Gasteiger partial charge in [-0.2, -0.15) is 0 Å². The molecule has 0 amide bonds. The maximum atomic E-state index is 13.8. The van der Waals surface area contributed by atoms with Gasteiger partial charge in [-0.1, -0.05) is 48.5 Å². The highest BCUT2D eigenvalue weighted by atomic mass is 19.1. The number of piperidine rings is 1. The zero-order valence-electron chi connectivity index (χ0n) is 13.0. The van der Waals surface area contributed by atoms with E-state index in [0.29, 0.717) is 18.5 Å². The lowest BCUT2D eigenvalue weighted by Gasteiger charge is -2.37. The maximum Gasteiger partial charge on any atom is 0.127 e. The molecule has 2 nitrogen and oxygen atoms in total. The summed E-state index contributed by atoms with van der Waals surface area (Å²) in [4.78, 5) is 2.37. The van der Waals surface area contributed by atoms with Crippen molar-refractivity contribution in [3.63, 3.8) is 0 Å². The van der Waals surface area contributed by atoms with Crippen LogP contribution < -0.4 is 5.32 Å². The van der Waals surface area contributed by atoms with Crippen LogP contribution in [0.15, 0.2) is 54.6 Å². The van der Waals surface area contributed by atoms with E-state index in [1.807, 2.05) is 12.1 Å². The Balaban J connectivity index is 1.72. The van der Waals surface area contributed by atoms with E-state index >= 15 is 0 Å². The molecule has 2 aromatic carbocycles. The van der Waals surface area contributed by atoms with Crippen LogP contribution in [-0.2, 0) is 6.54 Å². The van der Waals surface area contributed by atoms with Gasteiger partial charge in [-0.15, -0.1) is 0 Å². The number of rotatable bonds is 4. The van der Waals surface area contributed by atoms with Crippen LogP contribution >= 0.6 is 0 Å². The van der Waals surface area contributed by atoms with Crippen molar-refractivity contribution in [2.75, 3.05) is 20.1 Å². The average Bonchev–Trinajstić information content (AvgIpc) is 2.56. The molecule has 22 heavy (non-hydrogen) atoms. The van der Waals surface area contributed by atoms with Crippen LogP contribution in [0.25, 0.3) is 0 Å². The van der Waals surface area contributed by atoms with Gasteiger partial charge in [-0.25, -0.2) is 4.39 Å². The van der Waals surface area contributed by atoms with E-state index in [1.165, 1.54) is 11.6 Å². The van der Waals surface area contributed by atoms with Crippen molar-refractivity contribution in [2.24, 2.45) is 0 Å². The SMILES string of the molecule is CN1CC[C@H](NCc2ccccc2F)[C@H](c2ccccc2)C1. The van der Waals surface area contributed by atoms with Gasteiger partial charge in [0.15, 0.2) is 0 Å². The second kappa shape index (κ2) is 7.03. The first-order chi connectivity index (χ1) is 10.7. The third-order valence-corrected chi connectivity index (χ3v) is 4.56. The zero-order chi connectivity index (χ0) is 15.4. The second-order valence-electron chi connectivity index (χ2n) is 6.15. The van der Waals surface area contributed by atoms with Crippen LogP contribution in [0.2, 0.25) is 0 Å². The molecule has 0 aliphatic carbocycles. The topological polar surface area (TPSA) is 15.3 Å². The average molecular weight is 298 g/mol. The maximum absolute atomic E-state index is 13.8. The summed E-state index contributed by atoms with van der Waals surface area (Å²) in [6, 6.07) is 18.0. The second-order valence-corrected chi connectivity index (χ2v) is 6.15. The molecule has 0 aromatic heterocycles. The molecule has 0 saturated carbocycles. The fourth-order valence-electron chi connectivity index (χ4n) is 3.28. The van der Waals surface area contributed by atoms with Crippen molar-refractivity contribution < 1.29 is 4.39 Å². The van der Waals surface area contributed by atoms with Crippen LogP contribution in [0.3, 0.4) is 0 Å². The minimum Gasteiger partial charge on any atom is -0.309 e. The zero-order valence-corrected chi connectivity index (χ0v) is 13.0. The Bertz CT molecular complexity index is 599. The molecule has 1 N–H and O–H groups in total. The van der Waals surface area contributed by atoms with Crippen molar-refractivity contribution in [2.45, 2.75) is 24.9 Å². The normalized spacial score (nSPS) is 22.6. The summed E-state index contributed by atoms with van der Waals surface area (Å²) in [7, 11) is 2.17. The molecular weight excluding hydrogens is 275 g/mol. The van der Waals surface area contributed by atoms with E-state index < -0.39 is 0 Å². The fourth-order valence-corrected chi connectivity index (χ4v) is 3.28. The summed E-state index contributed by atoms with van der Waals surface area (Å²) >= 11 is 0. The largest absolute Gasteiger partial charge is 0.309 e. The van der Waals surface area contributed by atoms with Gasteiger partial charge >= 0.3 is 0 Å². The highest BCUT2D eigenvalue weighted by molar-refractivity contribution is 5.23. The lowest BCUT2D eigenvalue weighted by atomic mass is 9.86. The lowest BCUT2D eigenvalue weighted by Crippen LogP contribution is -2.46. The number of likely N-dealkylation sites (tertiary alicyclic amines) is 1. The summed E-state index contributed by atoms with van der Waals surface area (Å²) in [5.41, 5.74) is 2.10. The van der Waals surface area contributed by atoms with Gasteiger partial charge in [-0.3, -0.25) is 0 Å². The van der Waals surface area contributed by atoms with Crippen molar-refractivity contribution in [1.82, 2.24) is 10.2 Å². The minimum absolute atomic E-state index is 0.126. The molecule has 1 saturated heterocycles. The summed E-state index contributed by atoms with van der Waals surface area (Å²) in [5.74, 6) is 0.325. The standard InChI is InChI=1S/C19H23FN2/c1-22-12-11-19(17(14-22)15-7-3-2-4-8-15)21-13-16-9-5-6-10-18(16)20/h2-10,17,19,21H,11-14H2,1H3/t17-,19-/m0/s1. The van der Waals surface area contributed by atoms with Gasteiger partial charge in [0.25, 0.3) is 0 Å². The molecule has 3 rings (SSSR count). The number of nitrogens with zero attached hydrogens (tertiary/aromatic N) is 1. The Morgan fingerprint density at radius 3 is 2.59 bits per heavy atom. The third-order valence-electron chi connectivity index (χ3n) is 4.56. The van der Waals surface area contributed by atoms with Crippen LogP contribution in [0.1, 0.15) is 23.5 Å². The van der Waals surface area contributed by atoms with Gasteiger partial charge < -0.3 is 10.2 Å². The Morgan fingerprint density at radius 1 is 1.09 bits per heavy atom. The van der Waals surface area contributed by atoms with Crippen LogP contribution in [0.5, 0.6) is 0 Å². The summed E-state index contributed by atoms with van der Waals surface area (Å²) in [6.45, 7) is 2.71. The molecule has 0 radical (unpaired) electrons. The van der Waals surface area contributed by atoms with Crippen LogP contribution in [0, 0.1) is 5.82 Å². The fraction of sp³-hybridized carbons (Fsp3) is 0.368. The Kier molecular flexibility index (Phi) is 4.86. The molecule has 1 aliphatic rings. The van der Waals surface area contributed by atoms with Crippen molar-refractivity contribution in [3.8, 4) is 0 Å². The number of likely N-dealkylation sites (N-methyl/N-ethyl adjacent to an activating group) is 1. The monoisotopic (exact) mass is 298 g/mol. The van der Waals surface area contributed by atoms with Crippen molar-refractivity contribution in [1.29, 1.82) is 0 Å². The van der Waals surface area contributed by atoms with Crippen molar-refractivity contribution >= 4 is 0 Å². The van der Waals surface area contributed by atoms with Crippen LogP contribution in [0.4, 0.5) is 4.39 Å². The lowest BCUT2D eigenvalue weighted by molar-refractivity contribution is 0.205. The first kappa shape index (κ1) is 15.2. The minimum atomic E-state index is -0.126. The Hall–Kier alpha value is -1.71. The molecule has 1 aliphatic heterocycles. The number of hydrogen-bond donors (Lipinski definition) is 1. The first-order valence-corrected chi connectivity index (χ1v) is 7.94. The van der Waals surface area contributed by atoms with E-state index in [2.05, 4.69) is 47.6 Å². The molecule has 1 heterocycles. The van der Waals surface area contributed by atoms with E-state index in [4.69, 9.17) is 0 Å². The number of benzene rings is 2. The Labute approximate surface area is 132 Å². The molecule has 0 bridgehead atoms. The molecule has 116 valence electrons. The van der Waals surface area contributed by atoms with Gasteiger partial charge in [0.2, 0.25) is 0 Å². The number of halogens is 1. The van der Waals surface area contributed by atoms with Crippen LogP contribution in [-0.4, -0.2) is 31.1 Å². The number of nitrogens with one attached hydrogen (secondary N) is 1. The van der Waals surface area contributed by atoms with Gasteiger partial charge in [0, 0.05) is 30.6 Å². The van der Waals surface area contributed by atoms with Gasteiger partial charge in [-0.05, 0) is 31.6 Å². The summed E-state index contributed by atoms with van der Waals surface area (Å²) < 4.78 is 13.8. The molecule has 2 aromatic rings. The molecular formula is C19H23FN2. The number of hydrogen-bond acceptors (Lipinski definition) is 2. The summed E-state index contributed by atoms with van der Waals surface area (Å²) in [6.07, 6.45) is 1.09. The predicted molar refractivity (Wildman–Crippen MR) is 88.3 cm³/mol. The summed E-state index contributed by atoms with van der Waals surface area (Å²) in [5, 5.41) is 3.58. The van der Waals surface area contributed by atoms with E-state index in [1.54, 1.807) is 6.07 Å². The van der Waals surface area contributed by atoms with Gasteiger partial charge in [0.05, 0.1) is 0 Å². The quantitative estimate of drug-likeness (QED) is 0.930. The van der Waals surface area contributed by atoms with E-state index in [0.717, 1.165) is 25.1 Å². The third kappa shape index (κ3) is 3.54. The highest BCUT2D eigenvalue weighted by Gasteiger charge is 2.28. The van der Waals surface area contributed by atoms with E-state index in [-0.39, 0.29) is 5.82 Å². The molecule has 0 spiro atoms. The highest BCUT2D eigenvalue weighted by Crippen LogP contribution is 2.27. The van der Waals surface area contributed by atoms with E-state index in [9.17, 15) is 4.39 Å².